The maximum Gasteiger partial charge on any atom is 0.273 e. The van der Waals surface area contributed by atoms with Crippen molar-refractivity contribution >= 4 is 34.3 Å². The van der Waals surface area contributed by atoms with Crippen molar-refractivity contribution < 1.29 is 18.3 Å². The van der Waals surface area contributed by atoms with Gasteiger partial charge in [0.15, 0.2) is 0 Å². The van der Waals surface area contributed by atoms with Crippen LogP contribution in [0.5, 0.6) is 0 Å². The molecule has 1 aliphatic heterocycles. The van der Waals surface area contributed by atoms with Crippen LogP contribution in [0.4, 0.5) is 8.78 Å². The van der Waals surface area contributed by atoms with Crippen LogP contribution in [-0.2, 0) is 14.4 Å². The molecule has 0 aromatic heterocycles. The van der Waals surface area contributed by atoms with Gasteiger partial charge in [0, 0.05) is 23.3 Å². The summed E-state index contributed by atoms with van der Waals surface area (Å²) in [5.74, 6) is -1.66. The van der Waals surface area contributed by atoms with Gasteiger partial charge in [-0.3, -0.25) is 4.79 Å². The van der Waals surface area contributed by atoms with Crippen molar-refractivity contribution in [2.24, 2.45) is 10.8 Å². The number of carbonyl (C=O) groups is 1. The first kappa shape index (κ1) is 22.7. The number of ether oxygens (including phenoxy) is 1. The van der Waals surface area contributed by atoms with E-state index in [4.69, 9.17) is 22.1 Å². The van der Waals surface area contributed by atoms with Gasteiger partial charge in [0.1, 0.15) is 27.7 Å². The van der Waals surface area contributed by atoms with Gasteiger partial charge in [-0.25, -0.2) is 13.8 Å². The Labute approximate surface area is 183 Å². The minimum absolute atomic E-state index is 0.0236. The van der Waals surface area contributed by atoms with E-state index in [9.17, 15) is 13.6 Å². The Morgan fingerprint density at radius 3 is 2.73 bits per heavy atom. The van der Waals surface area contributed by atoms with Gasteiger partial charge >= 0.3 is 0 Å². The molecule has 0 saturated carbocycles. The molecule has 0 spiro atoms. The summed E-state index contributed by atoms with van der Waals surface area (Å²) in [5, 5.41) is 6.32. The number of rotatable bonds is 7. The molecule has 0 saturated heterocycles. The molecule has 3 rings (SSSR count). The standard InChI is InChI=1S/C21H22ClF2N3O2S/c1-13(29-2)20(28)27-21(10-5-11-25,16-6-3-4-7-17(16)22)30-19(26-27)15-12-14(23)8-9-18(15)24/h3-4,6-9,12-13H,5,10-11,25H2,1-2H3/t13-,21?/m0/s1. The van der Waals surface area contributed by atoms with Crippen LogP contribution >= 0.6 is 23.4 Å². The van der Waals surface area contributed by atoms with Gasteiger partial charge in [-0.15, -0.1) is 0 Å². The van der Waals surface area contributed by atoms with E-state index >= 15 is 0 Å². The fraction of sp³-hybridized carbons (Fsp3) is 0.333. The number of hydrogen-bond acceptors (Lipinski definition) is 5. The third-order valence-electron chi connectivity index (χ3n) is 4.88. The van der Waals surface area contributed by atoms with E-state index in [1.165, 1.54) is 12.1 Å². The summed E-state index contributed by atoms with van der Waals surface area (Å²) in [7, 11) is 1.42. The van der Waals surface area contributed by atoms with Crippen molar-refractivity contribution in [3.8, 4) is 0 Å². The number of carbonyl (C=O) groups excluding carboxylic acids is 1. The van der Waals surface area contributed by atoms with E-state index in [1.807, 2.05) is 0 Å². The van der Waals surface area contributed by atoms with Crippen molar-refractivity contribution in [1.82, 2.24) is 5.01 Å². The highest BCUT2D eigenvalue weighted by molar-refractivity contribution is 8.15. The lowest BCUT2D eigenvalue weighted by Crippen LogP contribution is -2.46. The van der Waals surface area contributed by atoms with Crippen LogP contribution in [0, 0.1) is 11.6 Å². The maximum atomic E-state index is 14.5. The number of hydrogen-bond donors (Lipinski definition) is 1. The highest BCUT2D eigenvalue weighted by Crippen LogP contribution is 2.52. The summed E-state index contributed by atoms with van der Waals surface area (Å²) >= 11 is 7.67. The molecule has 1 unspecified atom stereocenters. The lowest BCUT2D eigenvalue weighted by molar-refractivity contribution is -0.144. The number of halogens is 3. The Morgan fingerprint density at radius 2 is 2.07 bits per heavy atom. The van der Waals surface area contributed by atoms with Crippen LogP contribution in [0.3, 0.4) is 0 Å². The second kappa shape index (κ2) is 9.43. The third-order valence-corrected chi connectivity index (χ3v) is 6.64. The molecule has 0 bridgehead atoms. The predicted octanol–water partition coefficient (Wildman–Crippen LogP) is 4.48. The summed E-state index contributed by atoms with van der Waals surface area (Å²) in [6, 6.07) is 10.2. The smallest absolute Gasteiger partial charge is 0.273 e. The van der Waals surface area contributed by atoms with Crippen molar-refractivity contribution in [1.29, 1.82) is 0 Å². The Kier molecular flexibility index (Phi) is 7.13. The van der Waals surface area contributed by atoms with Gasteiger partial charge in [0.2, 0.25) is 0 Å². The average Bonchev–Trinajstić information content (AvgIpc) is 3.13. The van der Waals surface area contributed by atoms with E-state index in [2.05, 4.69) is 5.10 Å². The van der Waals surface area contributed by atoms with Gasteiger partial charge in [-0.05, 0) is 50.6 Å². The van der Waals surface area contributed by atoms with E-state index in [1.54, 1.807) is 31.2 Å². The first-order valence-corrected chi connectivity index (χ1v) is 10.6. The molecule has 2 aromatic carbocycles. The van der Waals surface area contributed by atoms with Crippen LogP contribution in [0.25, 0.3) is 0 Å². The number of hydrazone groups is 1. The van der Waals surface area contributed by atoms with Crippen LogP contribution in [0.2, 0.25) is 5.02 Å². The fourth-order valence-electron chi connectivity index (χ4n) is 3.25. The minimum Gasteiger partial charge on any atom is -0.372 e. The zero-order valence-electron chi connectivity index (χ0n) is 16.6. The molecule has 160 valence electrons. The highest BCUT2D eigenvalue weighted by atomic mass is 35.5. The molecule has 1 aliphatic rings. The Hall–Kier alpha value is -2.00. The molecule has 0 aliphatic carbocycles. The molecule has 30 heavy (non-hydrogen) atoms. The van der Waals surface area contributed by atoms with E-state index in [0.29, 0.717) is 30.0 Å². The quantitative estimate of drug-likeness (QED) is 0.671. The number of benzene rings is 2. The van der Waals surface area contributed by atoms with Gasteiger partial charge in [0.05, 0.1) is 0 Å². The van der Waals surface area contributed by atoms with E-state index in [0.717, 1.165) is 30.0 Å². The number of nitrogens with two attached hydrogens (primary N) is 1. The monoisotopic (exact) mass is 453 g/mol. The largest absolute Gasteiger partial charge is 0.372 e. The molecule has 9 heteroatoms. The van der Waals surface area contributed by atoms with Crippen LogP contribution < -0.4 is 5.73 Å². The summed E-state index contributed by atoms with van der Waals surface area (Å²) in [6.07, 6.45) is 0.160. The SMILES string of the molecule is CO[C@@H](C)C(=O)N1N=C(c2cc(F)ccc2F)SC1(CCCN)c1ccccc1Cl. The Morgan fingerprint density at radius 1 is 1.33 bits per heavy atom. The number of amides is 1. The number of methoxy groups -OCH3 is 1. The summed E-state index contributed by atoms with van der Waals surface area (Å²) < 4.78 is 33.6. The normalized spacial score (nSPS) is 19.7. The van der Waals surface area contributed by atoms with Crippen molar-refractivity contribution in [3.05, 3.63) is 70.2 Å². The lowest BCUT2D eigenvalue weighted by Gasteiger charge is -2.37. The summed E-state index contributed by atoms with van der Waals surface area (Å²) in [5.41, 5.74) is 6.37. The molecule has 5 nitrogen and oxygen atoms in total. The zero-order valence-corrected chi connectivity index (χ0v) is 18.1. The molecule has 0 radical (unpaired) electrons. The van der Waals surface area contributed by atoms with Gasteiger partial charge < -0.3 is 10.5 Å². The molecule has 1 amide bonds. The molecular formula is C21H22ClF2N3O2S. The Bertz CT molecular complexity index is 975. The van der Waals surface area contributed by atoms with Crippen LogP contribution in [-0.4, -0.2) is 35.7 Å². The van der Waals surface area contributed by atoms with Gasteiger partial charge in [-0.1, -0.05) is 41.6 Å². The first-order valence-electron chi connectivity index (χ1n) is 9.39. The second-order valence-electron chi connectivity index (χ2n) is 6.82. The zero-order chi connectivity index (χ0) is 21.9. The summed E-state index contributed by atoms with van der Waals surface area (Å²) in [6.45, 7) is 1.97. The van der Waals surface area contributed by atoms with E-state index < -0.39 is 28.5 Å². The lowest BCUT2D eigenvalue weighted by atomic mass is 9.99. The highest BCUT2D eigenvalue weighted by Gasteiger charge is 2.50. The predicted molar refractivity (Wildman–Crippen MR) is 115 cm³/mol. The topological polar surface area (TPSA) is 67.9 Å². The fourth-order valence-corrected chi connectivity index (χ4v) is 5.05. The van der Waals surface area contributed by atoms with Gasteiger partial charge in [-0.2, -0.15) is 5.10 Å². The second-order valence-corrected chi connectivity index (χ2v) is 8.49. The molecule has 0 fully saturated rings. The molecule has 2 N–H and O–H groups in total. The average molecular weight is 454 g/mol. The first-order chi connectivity index (χ1) is 14.3. The van der Waals surface area contributed by atoms with Crippen molar-refractivity contribution in [2.75, 3.05) is 13.7 Å². The van der Waals surface area contributed by atoms with Gasteiger partial charge in [0.25, 0.3) is 5.91 Å². The molecule has 2 aromatic rings. The molecule has 1 heterocycles. The number of nitrogens with zero attached hydrogens (tertiary/aromatic N) is 2. The number of thioether (sulfide) groups is 1. The summed E-state index contributed by atoms with van der Waals surface area (Å²) in [4.78, 5) is 12.1. The van der Waals surface area contributed by atoms with Crippen LogP contribution in [0.15, 0.2) is 47.6 Å². The third kappa shape index (κ3) is 4.23. The van der Waals surface area contributed by atoms with Crippen molar-refractivity contribution in [2.45, 2.75) is 30.7 Å². The molecular weight excluding hydrogens is 432 g/mol. The molecule has 2 atom stereocenters. The minimum atomic E-state index is -1.07. The van der Waals surface area contributed by atoms with Crippen LogP contribution in [0.1, 0.15) is 30.9 Å². The maximum absolute atomic E-state index is 14.5. The van der Waals surface area contributed by atoms with Crippen molar-refractivity contribution in [3.63, 3.8) is 0 Å². The Balaban J connectivity index is 2.20. The van der Waals surface area contributed by atoms with E-state index in [-0.39, 0.29) is 10.6 Å².